The largest absolute Gasteiger partial charge is 0.242 e. The van der Waals surface area contributed by atoms with Crippen LogP contribution in [0.3, 0.4) is 0 Å². The minimum atomic E-state index is -0.890. The highest BCUT2D eigenvalue weighted by atomic mass is 28.3. The summed E-state index contributed by atoms with van der Waals surface area (Å²) in [4.78, 5) is 0. The summed E-state index contributed by atoms with van der Waals surface area (Å²) in [6.45, 7) is 7.03. The molecule has 1 saturated heterocycles. The van der Waals surface area contributed by atoms with Crippen molar-refractivity contribution in [1.29, 1.82) is 0 Å². The molecule has 1 heterocycles. The highest BCUT2D eigenvalue weighted by molar-refractivity contribution is 6.61. The Morgan fingerprint density at radius 2 is 2.09 bits per heavy atom. The Morgan fingerprint density at radius 1 is 1.45 bits per heavy atom. The van der Waals surface area contributed by atoms with Gasteiger partial charge in [0, 0.05) is 7.05 Å². The average Bonchev–Trinajstić information content (AvgIpc) is 2.07. The molecule has 0 aliphatic carbocycles. The minimum absolute atomic E-state index is 0.513. The van der Waals surface area contributed by atoms with Crippen molar-refractivity contribution < 1.29 is 0 Å². The summed E-state index contributed by atoms with van der Waals surface area (Å²) in [5.41, 5.74) is 0. The first kappa shape index (κ1) is 8.91. The molecule has 1 aliphatic rings. The second-order valence-electron chi connectivity index (χ2n) is 4.36. The van der Waals surface area contributed by atoms with Gasteiger partial charge in [-0.05, 0) is 23.4 Å². The maximum absolute atomic E-state index is 4.39. The van der Waals surface area contributed by atoms with Crippen molar-refractivity contribution in [3.8, 4) is 0 Å². The fraction of sp³-hybridized carbons (Fsp3) is 1.00. The lowest BCUT2D eigenvalue weighted by molar-refractivity contribution is 0.528. The SMILES string of the molecule is CN=N[SiH]1CC(C)CC1(C)C. The van der Waals surface area contributed by atoms with Gasteiger partial charge in [0.1, 0.15) is 0 Å². The summed E-state index contributed by atoms with van der Waals surface area (Å²) in [6.07, 6.45) is 1.35. The van der Waals surface area contributed by atoms with E-state index in [1.165, 1.54) is 12.5 Å². The van der Waals surface area contributed by atoms with E-state index in [1.54, 1.807) is 7.05 Å². The molecule has 0 amide bonds. The van der Waals surface area contributed by atoms with Gasteiger partial charge in [-0.25, -0.2) is 9.89 Å². The number of rotatable bonds is 1. The molecule has 0 saturated carbocycles. The lowest BCUT2D eigenvalue weighted by Gasteiger charge is -2.20. The van der Waals surface area contributed by atoms with Crippen molar-refractivity contribution in [2.45, 2.75) is 38.3 Å². The number of hydrogen-bond donors (Lipinski definition) is 0. The van der Waals surface area contributed by atoms with Gasteiger partial charge >= 0.3 is 0 Å². The fourth-order valence-electron chi connectivity index (χ4n) is 2.16. The molecule has 64 valence electrons. The van der Waals surface area contributed by atoms with Crippen LogP contribution in [-0.2, 0) is 0 Å². The molecule has 0 aromatic carbocycles. The molecule has 1 aliphatic heterocycles. The summed E-state index contributed by atoms with van der Waals surface area (Å²) in [6, 6.07) is 1.35. The summed E-state index contributed by atoms with van der Waals surface area (Å²) in [7, 11) is 0.908. The van der Waals surface area contributed by atoms with Gasteiger partial charge in [-0.3, -0.25) is 0 Å². The Bertz CT molecular complexity index is 165. The fourth-order valence-corrected chi connectivity index (χ4v) is 5.09. The van der Waals surface area contributed by atoms with Crippen LogP contribution in [0.5, 0.6) is 0 Å². The molecule has 2 unspecified atom stereocenters. The van der Waals surface area contributed by atoms with Crippen molar-refractivity contribution in [2.75, 3.05) is 7.05 Å². The van der Waals surface area contributed by atoms with Gasteiger partial charge in [0.05, 0.1) is 0 Å². The average molecular weight is 170 g/mol. The van der Waals surface area contributed by atoms with E-state index >= 15 is 0 Å². The smallest absolute Gasteiger partial charge is 0.199 e. The van der Waals surface area contributed by atoms with Crippen molar-refractivity contribution in [2.24, 2.45) is 15.8 Å². The van der Waals surface area contributed by atoms with Gasteiger partial charge in [0.2, 0.25) is 0 Å². The van der Waals surface area contributed by atoms with Crippen LogP contribution in [0, 0.1) is 5.92 Å². The molecular formula is C8H18N2Si. The maximum Gasteiger partial charge on any atom is 0.199 e. The molecule has 0 radical (unpaired) electrons. The predicted octanol–water partition coefficient (Wildman–Crippen LogP) is 2.61. The maximum atomic E-state index is 4.39. The molecule has 0 aromatic rings. The van der Waals surface area contributed by atoms with E-state index in [0.717, 1.165) is 5.92 Å². The molecular weight excluding hydrogens is 152 g/mol. The van der Waals surface area contributed by atoms with Crippen molar-refractivity contribution in [1.82, 2.24) is 0 Å². The Balaban J connectivity index is 2.66. The monoisotopic (exact) mass is 170 g/mol. The first-order valence-electron chi connectivity index (χ1n) is 4.35. The zero-order valence-corrected chi connectivity index (χ0v) is 9.12. The van der Waals surface area contributed by atoms with E-state index in [2.05, 4.69) is 30.7 Å². The molecule has 1 rings (SSSR count). The van der Waals surface area contributed by atoms with Gasteiger partial charge in [0.15, 0.2) is 8.96 Å². The Kier molecular flexibility index (Phi) is 2.47. The van der Waals surface area contributed by atoms with Crippen molar-refractivity contribution in [3.63, 3.8) is 0 Å². The zero-order valence-electron chi connectivity index (χ0n) is 7.96. The summed E-state index contributed by atoms with van der Waals surface area (Å²) >= 11 is 0. The van der Waals surface area contributed by atoms with E-state index in [-0.39, 0.29) is 0 Å². The topological polar surface area (TPSA) is 24.7 Å². The van der Waals surface area contributed by atoms with E-state index in [9.17, 15) is 0 Å². The van der Waals surface area contributed by atoms with Gasteiger partial charge in [-0.1, -0.05) is 20.8 Å². The molecule has 0 N–H and O–H groups in total. The molecule has 11 heavy (non-hydrogen) atoms. The van der Waals surface area contributed by atoms with Crippen LogP contribution >= 0.6 is 0 Å². The van der Waals surface area contributed by atoms with Crippen LogP contribution in [0.2, 0.25) is 11.1 Å². The second-order valence-corrected chi connectivity index (χ2v) is 7.66. The first-order chi connectivity index (χ1) is 5.06. The molecule has 3 heteroatoms. The summed E-state index contributed by atoms with van der Waals surface area (Å²) in [5.74, 6) is 0.882. The molecule has 2 atom stereocenters. The third-order valence-electron chi connectivity index (χ3n) is 2.66. The quantitative estimate of drug-likeness (QED) is 0.427. The predicted molar refractivity (Wildman–Crippen MR) is 50.6 cm³/mol. The van der Waals surface area contributed by atoms with Gasteiger partial charge < -0.3 is 0 Å². The lowest BCUT2D eigenvalue weighted by atomic mass is 10.0. The second kappa shape index (κ2) is 3.05. The Hall–Kier alpha value is -0.183. The molecule has 0 bridgehead atoms. The molecule has 0 aromatic heterocycles. The zero-order chi connectivity index (χ0) is 8.48. The normalized spacial score (nSPS) is 36.7. The standard InChI is InChI=1S/C8H18N2Si/c1-7-5-8(2,3)11(6-7)10-9-4/h7,11H,5-6H2,1-4H3. The first-order valence-corrected chi connectivity index (χ1v) is 6.26. The van der Waals surface area contributed by atoms with Crippen LogP contribution in [-0.4, -0.2) is 16.0 Å². The van der Waals surface area contributed by atoms with Gasteiger partial charge in [-0.2, -0.15) is 0 Å². The highest BCUT2D eigenvalue weighted by Crippen LogP contribution is 2.47. The molecule has 0 spiro atoms. The summed E-state index contributed by atoms with van der Waals surface area (Å²) < 4.78 is 4.39. The Labute approximate surface area is 70.8 Å². The third-order valence-corrected chi connectivity index (χ3v) is 6.46. The summed E-state index contributed by atoms with van der Waals surface area (Å²) in [5, 5.41) is 4.45. The van der Waals surface area contributed by atoms with Crippen LogP contribution in [0.15, 0.2) is 9.89 Å². The van der Waals surface area contributed by atoms with Crippen LogP contribution in [0.25, 0.3) is 0 Å². The third kappa shape index (κ3) is 1.89. The van der Waals surface area contributed by atoms with Crippen LogP contribution in [0.4, 0.5) is 0 Å². The van der Waals surface area contributed by atoms with E-state index in [0.29, 0.717) is 5.04 Å². The van der Waals surface area contributed by atoms with E-state index in [1.807, 2.05) is 0 Å². The van der Waals surface area contributed by atoms with Crippen molar-refractivity contribution in [3.05, 3.63) is 0 Å². The van der Waals surface area contributed by atoms with Crippen LogP contribution in [0.1, 0.15) is 27.2 Å². The molecule has 2 nitrogen and oxygen atoms in total. The number of nitrogens with zero attached hydrogens (tertiary/aromatic N) is 2. The Morgan fingerprint density at radius 3 is 2.45 bits per heavy atom. The lowest BCUT2D eigenvalue weighted by Crippen LogP contribution is -2.18. The minimum Gasteiger partial charge on any atom is -0.242 e. The highest BCUT2D eigenvalue weighted by Gasteiger charge is 2.40. The number of hydrogen-bond acceptors (Lipinski definition) is 2. The van der Waals surface area contributed by atoms with Gasteiger partial charge in [0.25, 0.3) is 0 Å². The van der Waals surface area contributed by atoms with E-state index in [4.69, 9.17) is 0 Å². The van der Waals surface area contributed by atoms with Crippen molar-refractivity contribution >= 4 is 8.96 Å². The molecule has 1 fully saturated rings. The van der Waals surface area contributed by atoms with Gasteiger partial charge in [-0.15, -0.1) is 0 Å². The van der Waals surface area contributed by atoms with E-state index < -0.39 is 8.96 Å². The van der Waals surface area contributed by atoms with Crippen LogP contribution < -0.4 is 0 Å².